The number of hydrogen-bond acceptors (Lipinski definition) is 2. The Morgan fingerprint density at radius 3 is 2.19 bits per heavy atom. The number of rotatable bonds is 4. The summed E-state index contributed by atoms with van der Waals surface area (Å²) in [5.74, 6) is -7.75. The zero-order valence-electron chi connectivity index (χ0n) is 10.6. The van der Waals surface area contributed by atoms with E-state index in [4.69, 9.17) is 15.9 Å². The van der Waals surface area contributed by atoms with Gasteiger partial charge >= 0.3 is 0 Å². The molecule has 0 saturated heterocycles. The van der Waals surface area contributed by atoms with Gasteiger partial charge in [0.1, 0.15) is 12.4 Å². The zero-order chi connectivity index (χ0) is 15.6. The second-order valence-electron chi connectivity index (χ2n) is 4.16. The van der Waals surface area contributed by atoms with E-state index < -0.39 is 35.6 Å². The van der Waals surface area contributed by atoms with Gasteiger partial charge in [-0.1, -0.05) is 24.3 Å². The van der Waals surface area contributed by atoms with Crippen LogP contribution in [0.2, 0.25) is 0 Å². The molecule has 0 aliphatic rings. The molecule has 0 saturated carbocycles. The fourth-order valence-corrected chi connectivity index (χ4v) is 1.74. The van der Waals surface area contributed by atoms with Crippen molar-refractivity contribution in [1.29, 1.82) is 5.41 Å². The van der Waals surface area contributed by atoms with Gasteiger partial charge in [0.2, 0.25) is 11.6 Å². The van der Waals surface area contributed by atoms with Crippen LogP contribution in [0.5, 0.6) is 5.75 Å². The third-order valence-electron chi connectivity index (χ3n) is 2.75. The number of nitrogens with two attached hydrogens (primary N) is 1. The maximum atomic E-state index is 13.4. The molecule has 0 aliphatic carbocycles. The molecule has 0 aliphatic heterocycles. The summed E-state index contributed by atoms with van der Waals surface area (Å²) in [6.45, 7) is -0.396. The molecule has 7 heteroatoms. The lowest BCUT2D eigenvalue weighted by Crippen LogP contribution is -2.15. The predicted octanol–water partition coefficient (Wildman–Crippen LogP) is 3.11. The van der Waals surface area contributed by atoms with Crippen LogP contribution >= 0.6 is 0 Å². The number of halogens is 4. The molecule has 3 nitrogen and oxygen atoms in total. The molecule has 0 heterocycles. The van der Waals surface area contributed by atoms with Gasteiger partial charge in [-0.2, -0.15) is 8.78 Å². The van der Waals surface area contributed by atoms with Crippen LogP contribution in [0.15, 0.2) is 30.3 Å². The first kappa shape index (κ1) is 14.8. The molecule has 0 spiro atoms. The van der Waals surface area contributed by atoms with Crippen molar-refractivity contribution in [2.24, 2.45) is 5.73 Å². The Morgan fingerprint density at radius 2 is 1.62 bits per heavy atom. The molecule has 3 N–H and O–H groups in total. The minimum Gasteiger partial charge on any atom is -0.483 e. The standard InChI is InChI=1S/C14H10F4N2O/c15-9-5-10(16)12(18)13(11(9)17)21-6-7-3-1-2-4-8(7)14(19)20/h1-5H,6H2,(H3,19,20). The van der Waals surface area contributed by atoms with Gasteiger partial charge in [0.15, 0.2) is 17.4 Å². The van der Waals surface area contributed by atoms with E-state index in [1.165, 1.54) is 12.1 Å². The lowest BCUT2D eigenvalue weighted by atomic mass is 10.1. The number of nitrogen functional groups attached to an aromatic ring is 1. The molecule has 0 fully saturated rings. The summed E-state index contributed by atoms with van der Waals surface area (Å²) in [5, 5.41) is 7.37. The monoisotopic (exact) mass is 298 g/mol. The van der Waals surface area contributed by atoms with Crippen LogP contribution < -0.4 is 10.5 Å². The molecule has 0 atom stereocenters. The average Bonchev–Trinajstić information content (AvgIpc) is 2.45. The normalized spacial score (nSPS) is 10.5. The van der Waals surface area contributed by atoms with Crippen molar-refractivity contribution >= 4 is 5.84 Å². The molecule has 0 radical (unpaired) electrons. The van der Waals surface area contributed by atoms with E-state index in [1.807, 2.05) is 0 Å². The van der Waals surface area contributed by atoms with Crippen molar-refractivity contribution in [3.63, 3.8) is 0 Å². The third-order valence-corrected chi connectivity index (χ3v) is 2.75. The number of amidine groups is 1. The van der Waals surface area contributed by atoms with Crippen LogP contribution in [-0.4, -0.2) is 5.84 Å². The highest BCUT2D eigenvalue weighted by Crippen LogP contribution is 2.27. The number of nitrogens with one attached hydrogen (secondary N) is 1. The van der Waals surface area contributed by atoms with Crippen molar-refractivity contribution < 1.29 is 22.3 Å². The number of benzene rings is 2. The molecule has 2 aromatic rings. The van der Waals surface area contributed by atoms with E-state index in [9.17, 15) is 17.6 Å². The van der Waals surface area contributed by atoms with Gasteiger partial charge in [0, 0.05) is 17.2 Å². The molecular formula is C14H10F4N2O. The maximum Gasteiger partial charge on any atom is 0.203 e. The highest BCUT2D eigenvalue weighted by atomic mass is 19.2. The molecule has 0 aromatic heterocycles. The van der Waals surface area contributed by atoms with E-state index in [0.29, 0.717) is 11.1 Å². The Hall–Kier alpha value is -2.57. The number of ether oxygens (including phenoxy) is 1. The molecule has 21 heavy (non-hydrogen) atoms. The van der Waals surface area contributed by atoms with E-state index >= 15 is 0 Å². The van der Waals surface area contributed by atoms with E-state index in [-0.39, 0.29) is 11.9 Å². The maximum absolute atomic E-state index is 13.4. The van der Waals surface area contributed by atoms with Gasteiger partial charge in [-0.05, 0) is 0 Å². The first-order valence-electron chi connectivity index (χ1n) is 5.80. The van der Waals surface area contributed by atoms with Crippen molar-refractivity contribution in [3.8, 4) is 5.75 Å². The van der Waals surface area contributed by atoms with Gasteiger partial charge < -0.3 is 10.5 Å². The smallest absolute Gasteiger partial charge is 0.203 e. The second-order valence-corrected chi connectivity index (χ2v) is 4.16. The zero-order valence-corrected chi connectivity index (χ0v) is 10.6. The van der Waals surface area contributed by atoms with Crippen molar-refractivity contribution in [2.75, 3.05) is 0 Å². The largest absolute Gasteiger partial charge is 0.483 e. The van der Waals surface area contributed by atoms with Crippen LogP contribution in [0.3, 0.4) is 0 Å². The Kier molecular flexibility index (Phi) is 4.11. The van der Waals surface area contributed by atoms with Gasteiger partial charge in [-0.15, -0.1) is 0 Å². The van der Waals surface area contributed by atoms with Crippen molar-refractivity contribution in [3.05, 3.63) is 64.7 Å². The molecule has 0 bridgehead atoms. The molecular weight excluding hydrogens is 288 g/mol. The Bertz CT molecular complexity index is 677. The van der Waals surface area contributed by atoms with Gasteiger partial charge in [-0.25, -0.2) is 8.78 Å². The Morgan fingerprint density at radius 1 is 1.05 bits per heavy atom. The van der Waals surface area contributed by atoms with Crippen LogP contribution in [-0.2, 0) is 6.61 Å². The quantitative estimate of drug-likeness (QED) is 0.394. The van der Waals surface area contributed by atoms with Gasteiger partial charge in [-0.3, -0.25) is 5.41 Å². The highest BCUT2D eigenvalue weighted by molar-refractivity contribution is 5.96. The topological polar surface area (TPSA) is 59.1 Å². The summed E-state index contributed by atoms with van der Waals surface area (Å²) in [5.41, 5.74) is 6.01. The fourth-order valence-electron chi connectivity index (χ4n) is 1.74. The average molecular weight is 298 g/mol. The highest BCUT2D eigenvalue weighted by Gasteiger charge is 2.21. The molecule has 0 unspecified atom stereocenters. The van der Waals surface area contributed by atoms with Crippen LogP contribution in [0, 0.1) is 28.7 Å². The summed E-state index contributed by atoms with van der Waals surface area (Å²) in [6.07, 6.45) is 0. The summed E-state index contributed by atoms with van der Waals surface area (Å²) in [6, 6.07) is 6.34. The summed E-state index contributed by atoms with van der Waals surface area (Å²) in [7, 11) is 0. The van der Waals surface area contributed by atoms with E-state index in [2.05, 4.69) is 0 Å². The lowest BCUT2D eigenvalue weighted by molar-refractivity contribution is 0.261. The van der Waals surface area contributed by atoms with Crippen LogP contribution in [0.25, 0.3) is 0 Å². The fraction of sp³-hybridized carbons (Fsp3) is 0.0714. The summed E-state index contributed by atoms with van der Waals surface area (Å²) in [4.78, 5) is 0. The molecule has 2 rings (SSSR count). The Labute approximate surface area is 117 Å². The minimum atomic E-state index is -1.62. The van der Waals surface area contributed by atoms with Gasteiger partial charge in [0.25, 0.3) is 0 Å². The van der Waals surface area contributed by atoms with E-state index in [0.717, 1.165) is 0 Å². The van der Waals surface area contributed by atoms with Gasteiger partial charge in [0.05, 0.1) is 0 Å². The predicted molar refractivity (Wildman–Crippen MR) is 68.1 cm³/mol. The number of hydrogen-bond donors (Lipinski definition) is 2. The molecule has 2 aromatic carbocycles. The summed E-state index contributed by atoms with van der Waals surface area (Å²) >= 11 is 0. The first-order valence-corrected chi connectivity index (χ1v) is 5.80. The minimum absolute atomic E-state index is 0.0983. The Balaban J connectivity index is 2.31. The second kappa shape index (κ2) is 5.82. The third kappa shape index (κ3) is 2.96. The SMILES string of the molecule is N=C(N)c1ccccc1COc1c(F)c(F)cc(F)c1F. The summed E-state index contributed by atoms with van der Waals surface area (Å²) < 4.78 is 57.8. The first-order chi connectivity index (χ1) is 9.91. The van der Waals surface area contributed by atoms with Crippen LogP contribution in [0.1, 0.15) is 11.1 Å². The van der Waals surface area contributed by atoms with Crippen LogP contribution in [0.4, 0.5) is 17.6 Å². The van der Waals surface area contributed by atoms with Crippen molar-refractivity contribution in [1.82, 2.24) is 0 Å². The van der Waals surface area contributed by atoms with E-state index in [1.54, 1.807) is 12.1 Å². The lowest BCUT2D eigenvalue weighted by Gasteiger charge is -2.12. The molecule has 110 valence electrons. The van der Waals surface area contributed by atoms with Crippen molar-refractivity contribution in [2.45, 2.75) is 6.61 Å². The molecule has 0 amide bonds.